The molecule has 0 saturated carbocycles. The van der Waals surface area contributed by atoms with Gasteiger partial charge in [-0.25, -0.2) is 0 Å². The van der Waals surface area contributed by atoms with E-state index in [0.29, 0.717) is 5.92 Å². The molecule has 64 valence electrons. The van der Waals surface area contributed by atoms with E-state index >= 15 is 0 Å². The minimum absolute atomic E-state index is 0.525. The van der Waals surface area contributed by atoms with Crippen molar-refractivity contribution in [3.63, 3.8) is 0 Å². The van der Waals surface area contributed by atoms with Crippen molar-refractivity contribution in [3.05, 3.63) is 0 Å². The van der Waals surface area contributed by atoms with Gasteiger partial charge in [0.1, 0.15) is 5.54 Å². The molecule has 11 heavy (non-hydrogen) atoms. The molecular formula is C8H15NO2. The third kappa shape index (κ3) is 1.71. The summed E-state index contributed by atoms with van der Waals surface area (Å²) in [7, 11) is 0. The first-order valence-corrected chi connectivity index (χ1v) is 4.03. The van der Waals surface area contributed by atoms with Crippen LogP contribution < -0.4 is 5.32 Å². The number of carboxylic acids is 1. The van der Waals surface area contributed by atoms with Crippen molar-refractivity contribution >= 4 is 5.97 Å². The summed E-state index contributed by atoms with van der Waals surface area (Å²) in [6, 6.07) is 0. The van der Waals surface area contributed by atoms with E-state index in [2.05, 4.69) is 12.2 Å². The SMILES string of the molecule is CC1CCNC(C)(C(=O)O)C1. The molecule has 1 rings (SSSR count). The van der Waals surface area contributed by atoms with E-state index in [1.807, 2.05) is 0 Å². The molecule has 0 radical (unpaired) electrons. The predicted molar refractivity (Wildman–Crippen MR) is 42.4 cm³/mol. The molecule has 0 aromatic heterocycles. The Morgan fingerprint density at radius 2 is 2.36 bits per heavy atom. The predicted octanol–water partition coefficient (Wildman–Crippen LogP) is 0.849. The lowest BCUT2D eigenvalue weighted by atomic mass is 9.84. The van der Waals surface area contributed by atoms with Gasteiger partial charge in [0.25, 0.3) is 0 Å². The van der Waals surface area contributed by atoms with Crippen molar-refractivity contribution in [3.8, 4) is 0 Å². The number of aliphatic carboxylic acids is 1. The lowest BCUT2D eigenvalue weighted by Gasteiger charge is -2.34. The van der Waals surface area contributed by atoms with E-state index in [1.54, 1.807) is 6.92 Å². The molecule has 0 aromatic carbocycles. The van der Waals surface area contributed by atoms with E-state index < -0.39 is 11.5 Å². The fraction of sp³-hybridized carbons (Fsp3) is 0.875. The third-order valence-electron chi connectivity index (χ3n) is 2.38. The molecule has 0 spiro atoms. The monoisotopic (exact) mass is 157 g/mol. The average Bonchev–Trinajstić information content (AvgIpc) is 1.86. The molecule has 1 fully saturated rings. The van der Waals surface area contributed by atoms with E-state index in [-0.39, 0.29) is 0 Å². The fourth-order valence-corrected chi connectivity index (χ4v) is 1.63. The van der Waals surface area contributed by atoms with Gasteiger partial charge in [-0.05, 0) is 32.2 Å². The van der Waals surface area contributed by atoms with Crippen molar-refractivity contribution in [1.82, 2.24) is 5.32 Å². The van der Waals surface area contributed by atoms with Gasteiger partial charge in [0.05, 0.1) is 0 Å². The zero-order chi connectivity index (χ0) is 8.48. The summed E-state index contributed by atoms with van der Waals surface area (Å²) in [5.41, 5.74) is -0.683. The van der Waals surface area contributed by atoms with Gasteiger partial charge in [0, 0.05) is 0 Å². The minimum Gasteiger partial charge on any atom is -0.480 e. The number of nitrogens with one attached hydrogen (secondary N) is 1. The molecular weight excluding hydrogens is 142 g/mol. The molecule has 1 heterocycles. The van der Waals surface area contributed by atoms with Gasteiger partial charge in [-0.1, -0.05) is 6.92 Å². The van der Waals surface area contributed by atoms with Crippen LogP contribution in [0.4, 0.5) is 0 Å². The zero-order valence-corrected chi connectivity index (χ0v) is 7.05. The topological polar surface area (TPSA) is 49.3 Å². The second-order valence-electron chi connectivity index (χ2n) is 3.66. The Kier molecular flexibility index (Phi) is 2.18. The number of piperidine rings is 1. The maximum absolute atomic E-state index is 10.8. The first-order valence-electron chi connectivity index (χ1n) is 4.03. The van der Waals surface area contributed by atoms with Crippen LogP contribution >= 0.6 is 0 Å². The third-order valence-corrected chi connectivity index (χ3v) is 2.38. The minimum atomic E-state index is -0.732. The zero-order valence-electron chi connectivity index (χ0n) is 7.05. The summed E-state index contributed by atoms with van der Waals surface area (Å²) >= 11 is 0. The molecule has 1 aliphatic heterocycles. The van der Waals surface area contributed by atoms with Gasteiger partial charge in [-0.15, -0.1) is 0 Å². The number of rotatable bonds is 1. The highest BCUT2D eigenvalue weighted by Gasteiger charge is 2.36. The van der Waals surface area contributed by atoms with Crippen molar-refractivity contribution in [2.45, 2.75) is 32.2 Å². The highest BCUT2D eigenvalue weighted by molar-refractivity contribution is 5.78. The van der Waals surface area contributed by atoms with Gasteiger partial charge >= 0.3 is 5.97 Å². The molecule has 1 aliphatic rings. The summed E-state index contributed by atoms with van der Waals surface area (Å²) in [4.78, 5) is 10.8. The lowest BCUT2D eigenvalue weighted by molar-refractivity contribution is -0.145. The second-order valence-corrected chi connectivity index (χ2v) is 3.66. The fourth-order valence-electron chi connectivity index (χ4n) is 1.63. The van der Waals surface area contributed by atoms with Crippen molar-refractivity contribution in [1.29, 1.82) is 0 Å². The summed E-state index contributed by atoms with van der Waals surface area (Å²) in [5, 5.41) is 11.9. The molecule has 0 aliphatic carbocycles. The summed E-state index contributed by atoms with van der Waals surface area (Å²) in [6.07, 6.45) is 1.82. The Hall–Kier alpha value is -0.570. The van der Waals surface area contributed by atoms with Crippen LogP contribution in [0, 0.1) is 5.92 Å². The van der Waals surface area contributed by atoms with Crippen LogP contribution in [0.15, 0.2) is 0 Å². The van der Waals surface area contributed by atoms with Crippen molar-refractivity contribution in [2.24, 2.45) is 5.92 Å². The number of carbonyl (C=O) groups is 1. The summed E-state index contributed by atoms with van der Waals surface area (Å²) in [5.74, 6) is -0.207. The smallest absolute Gasteiger partial charge is 0.323 e. The molecule has 3 heteroatoms. The first-order chi connectivity index (χ1) is 5.04. The molecule has 3 nitrogen and oxygen atoms in total. The Morgan fingerprint density at radius 3 is 2.73 bits per heavy atom. The second kappa shape index (κ2) is 2.81. The Morgan fingerprint density at radius 1 is 1.73 bits per heavy atom. The molecule has 1 saturated heterocycles. The Balaban J connectivity index is 2.63. The van der Waals surface area contributed by atoms with Gasteiger partial charge in [-0.3, -0.25) is 4.79 Å². The number of hydrogen-bond donors (Lipinski definition) is 2. The largest absolute Gasteiger partial charge is 0.480 e. The first kappa shape index (κ1) is 8.53. The van der Waals surface area contributed by atoms with Crippen molar-refractivity contribution in [2.75, 3.05) is 6.54 Å². The van der Waals surface area contributed by atoms with E-state index in [0.717, 1.165) is 19.4 Å². The van der Waals surface area contributed by atoms with Crippen LogP contribution in [0.5, 0.6) is 0 Å². The average molecular weight is 157 g/mol. The Labute approximate surface area is 66.8 Å². The van der Waals surface area contributed by atoms with Crippen LogP contribution in [0.1, 0.15) is 26.7 Å². The number of carboxylic acid groups (broad SMARTS) is 1. The Bertz CT molecular complexity index is 169. The standard InChI is InChI=1S/C8H15NO2/c1-6-3-4-9-8(2,5-6)7(10)11/h6,9H,3-5H2,1-2H3,(H,10,11). The molecule has 0 amide bonds. The van der Waals surface area contributed by atoms with E-state index in [9.17, 15) is 4.79 Å². The van der Waals surface area contributed by atoms with Gasteiger partial charge in [0.15, 0.2) is 0 Å². The number of hydrogen-bond acceptors (Lipinski definition) is 2. The van der Waals surface area contributed by atoms with Crippen LogP contribution in [-0.4, -0.2) is 23.2 Å². The van der Waals surface area contributed by atoms with Crippen molar-refractivity contribution < 1.29 is 9.90 Å². The van der Waals surface area contributed by atoms with Crippen LogP contribution in [0.3, 0.4) is 0 Å². The van der Waals surface area contributed by atoms with Gasteiger partial charge in [0.2, 0.25) is 0 Å². The normalized spacial score (nSPS) is 38.5. The maximum Gasteiger partial charge on any atom is 0.323 e. The summed E-state index contributed by atoms with van der Waals surface area (Å²) < 4.78 is 0. The van der Waals surface area contributed by atoms with Crippen LogP contribution in [0.25, 0.3) is 0 Å². The molecule has 2 unspecified atom stereocenters. The molecule has 2 N–H and O–H groups in total. The van der Waals surface area contributed by atoms with Gasteiger partial charge in [-0.2, -0.15) is 0 Å². The van der Waals surface area contributed by atoms with Crippen LogP contribution in [0.2, 0.25) is 0 Å². The van der Waals surface area contributed by atoms with E-state index in [1.165, 1.54) is 0 Å². The van der Waals surface area contributed by atoms with E-state index in [4.69, 9.17) is 5.11 Å². The highest BCUT2D eigenvalue weighted by Crippen LogP contribution is 2.23. The quantitative estimate of drug-likeness (QED) is 0.593. The summed E-state index contributed by atoms with van der Waals surface area (Å²) in [6.45, 7) is 4.68. The van der Waals surface area contributed by atoms with Crippen LogP contribution in [-0.2, 0) is 4.79 Å². The lowest BCUT2D eigenvalue weighted by Crippen LogP contribution is -2.54. The maximum atomic E-state index is 10.8. The van der Waals surface area contributed by atoms with Gasteiger partial charge < -0.3 is 10.4 Å². The highest BCUT2D eigenvalue weighted by atomic mass is 16.4. The molecule has 0 aromatic rings. The molecule has 2 atom stereocenters. The molecule has 0 bridgehead atoms.